The van der Waals surface area contributed by atoms with Gasteiger partial charge in [0.2, 0.25) is 5.95 Å². The van der Waals surface area contributed by atoms with E-state index in [9.17, 15) is 18.8 Å². The molecule has 31 heavy (non-hydrogen) atoms. The Hall–Kier alpha value is -3.06. The van der Waals surface area contributed by atoms with E-state index in [2.05, 4.69) is 15.0 Å². The molecule has 170 valence electrons. The standard InChI is InChI=1S/C18H25FN6O6/c1-7(2)12(20)17(28)30-8(3)16(27)29-5-10-9(19)4-11(31-10)25-6-22-13-14(25)23-18(21)24-15(13)26/h6-12H,4-5,20H2,1-3H3,(H3,21,23,24,26)/t8-,9-,10+,11+,12-/m0/s1. The molecule has 0 spiro atoms. The summed E-state index contributed by atoms with van der Waals surface area (Å²) < 4.78 is 31.6. The summed E-state index contributed by atoms with van der Waals surface area (Å²) in [5.74, 6) is -1.85. The number of rotatable bonds is 7. The number of halogens is 1. The van der Waals surface area contributed by atoms with Crippen LogP contribution in [0.25, 0.3) is 11.2 Å². The van der Waals surface area contributed by atoms with Crippen molar-refractivity contribution < 1.29 is 28.2 Å². The quantitative estimate of drug-likeness (QED) is 0.488. The van der Waals surface area contributed by atoms with E-state index in [0.717, 1.165) is 0 Å². The largest absolute Gasteiger partial charge is 0.460 e. The molecular weight excluding hydrogens is 415 g/mol. The van der Waals surface area contributed by atoms with E-state index in [0.29, 0.717) is 0 Å². The summed E-state index contributed by atoms with van der Waals surface area (Å²) in [4.78, 5) is 46.1. The molecule has 1 fully saturated rings. The van der Waals surface area contributed by atoms with E-state index in [1.165, 1.54) is 17.8 Å². The van der Waals surface area contributed by atoms with E-state index < -0.39 is 54.8 Å². The lowest BCUT2D eigenvalue weighted by Gasteiger charge is -2.19. The van der Waals surface area contributed by atoms with Crippen LogP contribution < -0.4 is 17.0 Å². The van der Waals surface area contributed by atoms with Crippen molar-refractivity contribution in [1.29, 1.82) is 0 Å². The maximum atomic E-state index is 14.5. The summed E-state index contributed by atoms with van der Waals surface area (Å²) in [6.07, 6.45) is -3.32. The number of carbonyl (C=O) groups excluding carboxylic acids is 2. The fourth-order valence-corrected chi connectivity index (χ4v) is 3.02. The number of ether oxygens (including phenoxy) is 3. The minimum atomic E-state index is -1.46. The van der Waals surface area contributed by atoms with Crippen molar-refractivity contribution in [3.05, 3.63) is 16.7 Å². The Balaban J connectivity index is 1.59. The summed E-state index contributed by atoms with van der Waals surface area (Å²) >= 11 is 0. The van der Waals surface area contributed by atoms with E-state index in [1.54, 1.807) is 13.8 Å². The number of aromatic amines is 1. The molecule has 5 N–H and O–H groups in total. The molecule has 1 aliphatic heterocycles. The number of esters is 2. The van der Waals surface area contributed by atoms with Gasteiger partial charge in [-0.25, -0.2) is 14.2 Å². The SMILES string of the molecule is CC(C)[C@H](N)C(=O)O[C@@H](C)C(=O)OC[C@H]1O[C@@H](n2cnc3c(=O)[nH]c(N)nc32)C[C@@H]1F. The first-order chi connectivity index (χ1) is 14.6. The Labute approximate surface area is 176 Å². The lowest BCUT2D eigenvalue weighted by Crippen LogP contribution is -2.40. The van der Waals surface area contributed by atoms with Crippen LogP contribution in [-0.4, -0.2) is 62.5 Å². The zero-order valence-electron chi connectivity index (χ0n) is 17.3. The second kappa shape index (κ2) is 8.98. The average molecular weight is 440 g/mol. The van der Waals surface area contributed by atoms with Crippen LogP contribution in [0.1, 0.15) is 33.4 Å². The Morgan fingerprint density at radius 2 is 2.10 bits per heavy atom. The van der Waals surface area contributed by atoms with Gasteiger partial charge in [0.1, 0.15) is 31.2 Å². The van der Waals surface area contributed by atoms with Crippen LogP contribution >= 0.6 is 0 Å². The summed E-state index contributed by atoms with van der Waals surface area (Å²) in [5.41, 5.74) is 10.9. The topological polar surface area (TPSA) is 177 Å². The van der Waals surface area contributed by atoms with Crippen molar-refractivity contribution in [2.75, 3.05) is 12.3 Å². The fraction of sp³-hybridized carbons (Fsp3) is 0.611. The fourth-order valence-electron chi connectivity index (χ4n) is 3.02. The van der Waals surface area contributed by atoms with Crippen molar-refractivity contribution in [3.8, 4) is 0 Å². The molecule has 0 aromatic carbocycles. The molecule has 0 aliphatic carbocycles. The summed E-state index contributed by atoms with van der Waals surface area (Å²) in [6, 6.07) is -0.871. The first-order valence-electron chi connectivity index (χ1n) is 9.73. The van der Waals surface area contributed by atoms with Crippen LogP contribution in [0.15, 0.2) is 11.1 Å². The van der Waals surface area contributed by atoms with Crippen LogP contribution in [-0.2, 0) is 23.8 Å². The van der Waals surface area contributed by atoms with E-state index >= 15 is 0 Å². The lowest BCUT2D eigenvalue weighted by molar-refractivity contribution is -0.171. The monoisotopic (exact) mass is 440 g/mol. The zero-order valence-corrected chi connectivity index (χ0v) is 17.3. The molecule has 5 atom stereocenters. The maximum Gasteiger partial charge on any atom is 0.347 e. The third-order valence-electron chi connectivity index (χ3n) is 4.93. The number of hydrogen-bond donors (Lipinski definition) is 3. The smallest absolute Gasteiger partial charge is 0.347 e. The average Bonchev–Trinajstić information content (AvgIpc) is 3.28. The molecule has 2 aromatic heterocycles. The number of nitrogen functional groups attached to an aromatic ring is 1. The highest BCUT2D eigenvalue weighted by Crippen LogP contribution is 2.32. The molecule has 0 radical (unpaired) electrons. The number of anilines is 1. The molecule has 0 amide bonds. The molecule has 3 heterocycles. The van der Waals surface area contributed by atoms with Crippen LogP contribution in [0.3, 0.4) is 0 Å². The number of nitrogens with two attached hydrogens (primary N) is 2. The van der Waals surface area contributed by atoms with Gasteiger partial charge in [-0.3, -0.25) is 19.1 Å². The van der Waals surface area contributed by atoms with Gasteiger partial charge in [-0.2, -0.15) is 4.98 Å². The third kappa shape index (κ3) is 4.82. The van der Waals surface area contributed by atoms with Crippen molar-refractivity contribution in [2.24, 2.45) is 11.7 Å². The number of hydrogen-bond acceptors (Lipinski definition) is 10. The molecule has 13 heteroatoms. The second-order valence-corrected chi connectivity index (χ2v) is 7.64. The number of nitrogens with zero attached hydrogens (tertiary/aromatic N) is 3. The van der Waals surface area contributed by atoms with Gasteiger partial charge in [-0.05, 0) is 12.8 Å². The number of imidazole rings is 1. The number of aromatic nitrogens is 4. The highest BCUT2D eigenvalue weighted by Gasteiger charge is 2.38. The van der Waals surface area contributed by atoms with Crippen LogP contribution in [0.5, 0.6) is 0 Å². The Morgan fingerprint density at radius 1 is 1.39 bits per heavy atom. The highest BCUT2D eigenvalue weighted by molar-refractivity contribution is 5.81. The minimum absolute atomic E-state index is 0.0401. The molecule has 1 saturated heterocycles. The normalized spacial score (nSPS) is 23.1. The van der Waals surface area contributed by atoms with Gasteiger partial charge in [0.15, 0.2) is 17.3 Å². The molecular formula is C18H25FN6O6. The molecule has 0 saturated carbocycles. The Bertz CT molecular complexity index is 1020. The predicted molar refractivity (Wildman–Crippen MR) is 105 cm³/mol. The van der Waals surface area contributed by atoms with Gasteiger partial charge in [-0.15, -0.1) is 0 Å². The molecule has 0 unspecified atom stereocenters. The Kier molecular flexibility index (Phi) is 6.55. The molecule has 2 aromatic rings. The van der Waals surface area contributed by atoms with Gasteiger partial charge in [0.25, 0.3) is 5.56 Å². The van der Waals surface area contributed by atoms with E-state index in [-0.39, 0.29) is 29.5 Å². The van der Waals surface area contributed by atoms with Crippen molar-refractivity contribution in [1.82, 2.24) is 19.5 Å². The van der Waals surface area contributed by atoms with Crippen molar-refractivity contribution in [3.63, 3.8) is 0 Å². The highest BCUT2D eigenvalue weighted by atomic mass is 19.1. The van der Waals surface area contributed by atoms with Crippen molar-refractivity contribution >= 4 is 29.1 Å². The molecule has 1 aliphatic rings. The van der Waals surface area contributed by atoms with E-state index in [4.69, 9.17) is 25.7 Å². The van der Waals surface area contributed by atoms with Crippen molar-refractivity contribution in [2.45, 2.75) is 57.8 Å². The van der Waals surface area contributed by atoms with Gasteiger partial charge >= 0.3 is 11.9 Å². The van der Waals surface area contributed by atoms with Gasteiger partial charge in [0.05, 0.1) is 6.33 Å². The van der Waals surface area contributed by atoms with Gasteiger partial charge in [0, 0.05) is 6.42 Å². The Morgan fingerprint density at radius 3 is 2.77 bits per heavy atom. The number of fused-ring (bicyclic) bond motifs is 1. The third-order valence-corrected chi connectivity index (χ3v) is 4.93. The second-order valence-electron chi connectivity index (χ2n) is 7.64. The predicted octanol–water partition coefficient (Wildman–Crippen LogP) is -0.214. The summed E-state index contributed by atoms with van der Waals surface area (Å²) in [7, 11) is 0. The number of carbonyl (C=O) groups is 2. The molecule has 0 bridgehead atoms. The first kappa shape index (κ1) is 22.6. The van der Waals surface area contributed by atoms with Gasteiger partial charge in [-0.1, -0.05) is 13.8 Å². The maximum absolute atomic E-state index is 14.5. The van der Waals surface area contributed by atoms with Crippen LogP contribution in [0.2, 0.25) is 0 Å². The number of nitrogens with one attached hydrogen (secondary N) is 1. The number of H-pyrrole nitrogens is 1. The lowest BCUT2D eigenvalue weighted by atomic mass is 10.1. The van der Waals surface area contributed by atoms with Gasteiger partial charge < -0.3 is 25.7 Å². The van der Waals surface area contributed by atoms with E-state index in [1.807, 2.05) is 0 Å². The first-order valence-corrected chi connectivity index (χ1v) is 9.73. The summed E-state index contributed by atoms with van der Waals surface area (Å²) in [6.45, 7) is 4.43. The number of alkyl halides is 1. The van der Waals surface area contributed by atoms with Crippen LogP contribution in [0.4, 0.5) is 10.3 Å². The minimum Gasteiger partial charge on any atom is -0.460 e. The molecule has 12 nitrogen and oxygen atoms in total. The summed E-state index contributed by atoms with van der Waals surface area (Å²) in [5, 5.41) is 0. The molecule has 3 rings (SSSR count). The van der Waals surface area contributed by atoms with Crippen LogP contribution in [0, 0.1) is 5.92 Å². The zero-order chi connectivity index (χ0) is 22.9.